The average molecular weight is 568 g/mol. The maximum atomic E-state index is 13.7. The van der Waals surface area contributed by atoms with E-state index in [2.05, 4.69) is 10.5 Å². The number of carbonyl (C=O) groups is 2. The minimum atomic E-state index is -0.529. The monoisotopic (exact) mass is 567 g/mol. The van der Waals surface area contributed by atoms with Crippen molar-refractivity contribution in [3.8, 4) is 11.5 Å². The standard InChI is InChI=1S/C28H29N3O5.BrH/c1-2-19-15-25(30-36-19)29-26(32)17-31-13-11-18(12-14-31)24(16-31)35-28(33)27-20-7-3-5-9-22(20)34-23-10-6-4-8-21(23)27;/h3-10,15,18,24,27H,2,11-14,16-17H2,1H3;1H/t18?,24-,31?;/m0./s1. The van der Waals surface area contributed by atoms with Crippen LogP contribution >= 0.6 is 0 Å². The van der Waals surface area contributed by atoms with Crippen LogP contribution in [0.4, 0.5) is 5.82 Å². The number of quaternary nitrogens is 1. The van der Waals surface area contributed by atoms with Gasteiger partial charge in [-0.25, -0.2) is 0 Å². The van der Waals surface area contributed by atoms with Crippen LogP contribution in [0.5, 0.6) is 11.5 Å². The Labute approximate surface area is 226 Å². The predicted octanol–water partition coefficient (Wildman–Crippen LogP) is 1.27. The topological polar surface area (TPSA) is 90.7 Å². The summed E-state index contributed by atoms with van der Waals surface area (Å²) in [5.41, 5.74) is 1.65. The Bertz CT molecular complexity index is 1250. The van der Waals surface area contributed by atoms with Crippen LogP contribution in [0, 0.1) is 5.92 Å². The third kappa shape index (κ3) is 4.90. The fourth-order valence-corrected chi connectivity index (χ4v) is 5.98. The van der Waals surface area contributed by atoms with Crippen LogP contribution in [0.1, 0.15) is 42.6 Å². The number of aromatic nitrogens is 1. The van der Waals surface area contributed by atoms with Crippen LogP contribution in [0.15, 0.2) is 59.1 Å². The van der Waals surface area contributed by atoms with E-state index in [1.165, 1.54) is 0 Å². The lowest BCUT2D eigenvalue weighted by Gasteiger charge is -2.51. The normalized spacial score (nSPS) is 23.7. The minimum absolute atomic E-state index is 0. The number of hydrogen-bond acceptors (Lipinski definition) is 6. The number of nitrogens with one attached hydrogen (secondary N) is 1. The summed E-state index contributed by atoms with van der Waals surface area (Å²) in [4.78, 5) is 26.6. The highest BCUT2D eigenvalue weighted by Crippen LogP contribution is 2.45. The molecule has 9 heteroatoms. The second-order valence-corrected chi connectivity index (χ2v) is 10.1. The summed E-state index contributed by atoms with van der Waals surface area (Å²) < 4.78 is 18.1. The molecule has 194 valence electrons. The molecule has 7 rings (SSSR count). The second-order valence-electron chi connectivity index (χ2n) is 10.1. The Morgan fingerprint density at radius 2 is 1.70 bits per heavy atom. The van der Waals surface area contributed by atoms with Crippen molar-refractivity contribution in [2.24, 2.45) is 5.92 Å². The van der Waals surface area contributed by atoms with Gasteiger partial charge in [0.15, 0.2) is 18.5 Å². The number of ether oxygens (including phenoxy) is 2. The molecule has 4 aliphatic heterocycles. The highest BCUT2D eigenvalue weighted by atomic mass is 79.9. The minimum Gasteiger partial charge on any atom is -1.00 e. The molecule has 0 unspecified atom stereocenters. The molecule has 1 aromatic heterocycles. The number of hydrogen-bond donors (Lipinski definition) is 1. The van der Waals surface area contributed by atoms with Crippen molar-refractivity contribution in [3.05, 3.63) is 71.5 Å². The third-order valence-corrected chi connectivity index (χ3v) is 7.88. The van der Waals surface area contributed by atoms with Crippen molar-refractivity contribution in [2.75, 3.05) is 31.5 Å². The Morgan fingerprint density at radius 3 is 2.32 bits per heavy atom. The van der Waals surface area contributed by atoms with E-state index in [0.29, 0.717) is 40.8 Å². The van der Waals surface area contributed by atoms with Gasteiger partial charge in [-0.2, -0.15) is 0 Å². The smallest absolute Gasteiger partial charge is 0.318 e. The first-order valence-corrected chi connectivity index (χ1v) is 12.7. The van der Waals surface area contributed by atoms with E-state index in [1.54, 1.807) is 6.07 Å². The van der Waals surface area contributed by atoms with Crippen LogP contribution in [-0.4, -0.2) is 53.8 Å². The zero-order valence-electron chi connectivity index (χ0n) is 20.7. The first kappa shape index (κ1) is 25.5. The summed E-state index contributed by atoms with van der Waals surface area (Å²) in [6.07, 6.45) is 2.39. The van der Waals surface area contributed by atoms with Gasteiger partial charge in [0.2, 0.25) is 0 Å². The van der Waals surface area contributed by atoms with E-state index in [9.17, 15) is 9.59 Å². The molecule has 8 nitrogen and oxygen atoms in total. The number of aryl methyl sites for hydroxylation is 1. The number of esters is 1. The number of piperidine rings is 3. The lowest BCUT2D eigenvalue weighted by Crippen LogP contribution is -3.00. The lowest BCUT2D eigenvalue weighted by molar-refractivity contribution is -0.938. The zero-order valence-corrected chi connectivity index (χ0v) is 22.3. The maximum Gasteiger partial charge on any atom is 0.318 e. The molecule has 37 heavy (non-hydrogen) atoms. The molecule has 2 bridgehead atoms. The van der Waals surface area contributed by atoms with Crippen molar-refractivity contribution < 1.29 is 45.1 Å². The number of amides is 1. The number of rotatable bonds is 6. The number of carbonyl (C=O) groups excluding carboxylic acids is 2. The Hall–Kier alpha value is -3.17. The summed E-state index contributed by atoms with van der Waals surface area (Å²) >= 11 is 0. The summed E-state index contributed by atoms with van der Waals surface area (Å²) in [5, 5.41) is 6.80. The van der Waals surface area contributed by atoms with Gasteiger partial charge in [0.05, 0.1) is 13.1 Å². The van der Waals surface area contributed by atoms with Crippen molar-refractivity contribution in [1.82, 2.24) is 5.16 Å². The van der Waals surface area contributed by atoms with E-state index in [4.69, 9.17) is 14.0 Å². The summed E-state index contributed by atoms with van der Waals surface area (Å²) in [6, 6.07) is 17.0. The number of para-hydroxylation sites is 2. The maximum absolute atomic E-state index is 13.7. The third-order valence-electron chi connectivity index (χ3n) is 7.88. The van der Waals surface area contributed by atoms with Crippen LogP contribution in [0.2, 0.25) is 0 Å². The quantitative estimate of drug-likeness (QED) is 0.356. The second kappa shape index (κ2) is 10.3. The fraction of sp³-hybridized carbons (Fsp3) is 0.393. The van der Waals surface area contributed by atoms with E-state index in [-0.39, 0.29) is 35.0 Å². The molecule has 1 atom stereocenters. The van der Waals surface area contributed by atoms with Gasteiger partial charge >= 0.3 is 5.97 Å². The van der Waals surface area contributed by atoms with Crippen LogP contribution in [0.3, 0.4) is 0 Å². The summed E-state index contributed by atoms with van der Waals surface area (Å²) in [6.45, 7) is 4.77. The molecule has 1 amide bonds. The molecule has 3 aromatic rings. The predicted molar refractivity (Wildman–Crippen MR) is 132 cm³/mol. The number of fused-ring (bicyclic) bond motifs is 5. The van der Waals surface area contributed by atoms with Gasteiger partial charge in [0, 0.05) is 42.4 Å². The van der Waals surface area contributed by atoms with Crippen LogP contribution in [-0.2, 0) is 20.7 Å². The molecule has 0 spiro atoms. The molecule has 3 fully saturated rings. The van der Waals surface area contributed by atoms with Gasteiger partial charge in [0.1, 0.15) is 29.7 Å². The lowest BCUT2D eigenvalue weighted by atomic mass is 9.82. The van der Waals surface area contributed by atoms with Crippen LogP contribution < -0.4 is 27.0 Å². The van der Waals surface area contributed by atoms with Gasteiger partial charge < -0.3 is 40.8 Å². The molecule has 0 saturated carbocycles. The zero-order chi connectivity index (χ0) is 24.7. The largest absolute Gasteiger partial charge is 1.00 e. The Balaban J connectivity index is 0.00000280. The molecule has 0 aliphatic carbocycles. The molecule has 1 N–H and O–H groups in total. The Kier molecular flexibility index (Phi) is 7.09. The number of anilines is 1. The molecule has 0 radical (unpaired) electrons. The first-order chi connectivity index (χ1) is 17.5. The summed E-state index contributed by atoms with van der Waals surface area (Å²) in [5.74, 6) is 2.00. The van der Waals surface area contributed by atoms with Gasteiger partial charge in [-0.3, -0.25) is 9.59 Å². The fourth-order valence-electron chi connectivity index (χ4n) is 5.98. The highest BCUT2D eigenvalue weighted by Gasteiger charge is 2.49. The van der Waals surface area contributed by atoms with Gasteiger partial charge in [-0.15, -0.1) is 0 Å². The van der Waals surface area contributed by atoms with Gasteiger partial charge in [0.25, 0.3) is 5.91 Å². The molecular weight excluding hydrogens is 538 g/mol. The van der Waals surface area contributed by atoms with E-state index >= 15 is 0 Å². The van der Waals surface area contributed by atoms with Gasteiger partial charge in [-0.05, 0) is 12.1 Å². The molecule has 2 aromatic carbocycles. The van der Waals surface area contributed by atoms with Crippen molar-refractivity contribution in [1.29, 1.82) is 0 Å². The van der Waals surface area contributed by atoms with E-state index in [1.807, 2.05) is 55.5 Å². The SMILES string of the molecule is CCc1cc(NC(=O)C[N+]23CCC(CC2)[C@@H](OC(=O)C2c4ccccc4Oc4ccccc42)C3)no1.[Br-]. The molecule has 3 saturated heterocycles. The van der Waals surface area contributed by atoms with Crippen molar-refractivity contribution in [2.45, 2.75) is 38.2 Å². The van der Waals surface area contributed by atoms with Crippen LogP contribution in [0.25, 0.3) is 0 Å². The van der Waals surface area contributed by atoms with E-state index < -0.39 is 5.92 Å². The van der Waals surface area contributed by atoms with Gasteiger partial charge in [-0.1, -0.05) is 48.5 Å². The van der Waals surface area contributed by atoms with E-state index in [0.717, 1.165) is 49.2 Å². The molecule has 4 aliphatic rings. The summed E-state index contributed by atoms with van der Waals surface area (Å²) in [7, 11) is 0. The van der Waals surface area contributed by atoms with Crippen molar-refractivity contribution in [3.63, 3.8) is 0 Å². The molecule has 5 heterocycles. The molecular formula is C28H30BrN3O5. The highest BCUT2D eigenvalue weighted by molar-refractivity contribution is 5.90. The first-order valence-electron chi connectivity index (χ1n) is 12.7. The Morgan fingerprint density at radius 1 is 1.05 bits per heavy atom. The average Bonchev–Trinajstić information content (AvgIpc) is 3.34. The number of halogens is 1. The van der Waals surface area contributed by atoms with Crippen molar-refractivity contribution >= 4 is 17.7 Å². The number of nitrogens with zero attached hydrogens (tertiary/aromatic N) is 2. The number of benzene rings is 2.